The molecule has 10 nitrogen and oxygen atoms in total. The Labute approximate surface area is 103 Å². The second-order valence-corrected chi connectivity index (χ2v) is 3.29. The van der Waals surface area contributed by atoms with Gasteiger partial charge in [-0.25, -0.2) is 0 Å². The Kier molecular flexibility index (Phi) is 4.49. The molecule has 0 saturated heterocycles. The zero-order valence-corrected chi connectivity index (χ0v) is 10.0. The van der Waals surface area contributed by atoms with Gasteiger partial charge in [0, 0.05) is 20.2 Å². The van der Waals surface area contributed by atoms with Gasteiger partial charge in [-0.05, 0) is 5.21 Å². The van der Waals surface area contributed by atoms with E-state index in [1.165, 1.54) is 6.20 Å². The highest BCUT2D eigenvalue weighted by Crippen LogP contribution is 2.05. The highest BCUT2D eigenvalue weighted by Gasteiger charge is 2.01. The van der Waals surface area contributed by atoms with Crippen LogP contribution in [-0.4, -0.2) is 44.5 Å². The summed E-state index contributed by atoms with van der Waals surface area (Å²) in [4.78, 5) is 13.0. The molecule has 2 rings (SSSR count). The fourth-order valence-corrected chi connectivity index (χ4v) is 0.848. The molecule has 2 aromatic rings. The summed E-state index contributed by atoms with van der Waals surface area (Å²) in [6, 6.07) is 1.58. The van der Waals surface area contributed by atoms with Gasteiger partial charge in [0.2, 0.25) is 17.8 Å². The number of nitrogen functional groups attached to an aromatic ring is 3. The lowest BCUT2D eigenvalue weighted by Gasteiger charge is -2.09. The van der Waals surface area contributed by atoms with E-state index < -0.39 is 0 Å². The van der Waals surface area contributed by atoms with Crippen LogP contribution in [0.5, 0.6) is 0 Å². The van der Waals surface area contributed by atoms with Gasteiger partial charge in [-0.2, -0.15) is 15.0 Å². The van der Waals surface area contributed by atoms with Crippen LogP contribution in [0.2, 0.25) is 0 Å². The van der Waals surface area contributed by atoms with Crippen LogP contribution in [-0.2, 0) is 0 Å². The van der Waals surface area contributed by atoms with Gasteiger partial charge in [0.25, 0.3) is 0 Å². The summed E-state index contributed by atoms with van der Waals surface area (Å²) >= 11 is 0. The minimum atomic E-state index is 0.140. The molecule has 6 N–H and O–H groups in total. The molecule has 0 radical (unpaired) electrons. The Morgan fingerprint density at radius 3 is 1.94 bits per heavy atom. The third-order valence-corrected chi connectivity index (χ3v) is 1.58. The highest BCUT2D eigenvalue weighted by atomic mass is 15.3. The molecule has 96 valence electrons. The smallest absolute Gasteiger partial charge is 0.231 e. The van der Waals surface area contributed by atoms with Crippen LogP contribution >= 0.6 is 0 Å². The van der Waals surface area contributed by atoms with Crippen LogP contribution in [0.15, 0.2) is 12.3 Å². The SMILES string of the molecule is CN(C)c1nc(N)nc(N)n1.Nc1ccnnn1. The van der Waals surface area contributed by atoms with Crippen LogP contribution < -0.4 is 22.1 Å². The Morgan fingerprint density at radius 2 is 1.61 bits per heavy atom. The molecule has 0 aliphatic rings. The number of aromatic nitrogens is 6. The molecule has 18 heavy (non-hydrogen) atoms. The third-order valence-electron chi connectivity index (χ3n) is 1.58. The Morgan fingerprint density at radius 1 is 1.00 bits per heavy atom. The van der Waals surface area contributed by atoms with Gasteiger partial charge in [-0.1, -0.05) is 0 Å². The van der Waals surface area contributed by atoms with Crippen molar-refractivity contribution in [3.05, 3.63) is 12.3 Å². The largest absolute Gasteiger partial charge is 0.382 e. The van der Waals surface area contributed by atoms with Crippen LogP contribution in [0, 0.1) is 0 Å². The van der Waals surface area contributed by atoms with Crippen molar-refractivity contribution in [2.24, 2.45) is 0 Å². The van der Waals surface area contributed by atoms with Crippen molar-refractivity contribution in [2.75, 3.05) is 36.2 Å². The number of rotatable bonds is 1. The average Bonchev–Trinajstić information content (AvgIpc) is 2.29. The molecule has 0 spiro atoms. The normalized spacial score (nSPS) is 9.22. The first-order valence-corrected chi connectivity index (χ1v) is 4.83. The molecule has 10 heteroatoms. The lowest BCUT2D eigenvalue weighted by molar-refractivity contribution is 0.873. The number of hydrogen-bond acceptors (Lipinski definition) is 10. The Hall–Kier alpha value is -2.78. The number of hydrogen-bond donors (Lipinski definition) is 3. The van der Waals surface area contributed by atoms with Gasteiger partial charge < -0.3 is 22.1 Å². The van der Waals surface area contributed by atoms with E-state index in [0.29, 0.717) is 11.8 Å². The van der Waals surface area contributed by atoms with Gasteiger partial charge in [-0.3, -0.25) is 0 Å². The van der Waals surface area contributed by atoms with E-state index in [-0.39, 0.29) is 11.9 Å². The molecule has 0 bridgehead atoms. The quantitative estimate of drug-likeness (QED) is 0.546. The minimum Gasteiger partial charge on any atom is -0.382 e. The van der Waals surface area contributed by atoms with Gasteiger partial charge in [0.15, 0.2) is 0 Å². The fraction of sp³-hybridized carbons (Fsp3) is 0.250. The van der Waals surface area contributed by atoms with E-state index in [1.54, 1.807) is 25.1 Å². The maximum Gasteiger partial charge on any atom is 0.231 e. The fourth-order valence-electron chi connectivity index (χ4n) is 0.848. The van der Waals surface area contributed by atoms with E-state index >= 15 is 0 Å². The van der Waals surface area contributed by atoms with Crippen molar-refractivity contribution in [1.29, 1.82) is 0 Å². The van der Waals surface area contributed by atoms with Crippen molar-refractivity contribution in [1.82, 2.24) is 30.4 Å². The molecule has 2 heterocycles. The van der Waals surface area contributed by atoms with E-state index in [2.05, 4.69) is 30.4 Å². The topological polar surface area (TPSA) is 159 Å². The maximum absolute atomic E-state index is 5.33. The van der Waals surface area contributed by atoms with E-state index in [1.807, 2.05) is 0 Å². The van der Waals surface area contributed by atoms with Gasteiger partial charge in [-0.15, -0.1) is 10.2 Å². The van der Waals surface area contributed by atoms with Crippen LogP contribution in [0.4, 0.5) is 23.7 Å². The lowest BCUT2D eigenvalue weighted by Crippen LogP contribution is -2.15. The molecule has 0 unspecified atom stereocenters. The third kappa shape index (κ3) is 4.38. The lowest BCUT2D eigenvalue weighted by atomic mass is 10.6. The first kappa shape index (κ1) is 13.3. The predicted molar refractivity (Wildman–Crippen MR) is 67.2 cm³/mol. The summed E-state index contributed by atoms with van der Waals surface area (Å²) in [7, 11) is 3.60. The number of nitrogens with two attached hydrogens (primary N) is 3. The van der Waals surface area contributed by atoms with Crippen LogP contribution in [0.25, 0.3) is 0 Å². The molecule has 0 aliphatic heterocycles. The van der Waals surface area contributed by atoms with E-state index in [0.717, 1.165) is 0 Å². The van der Waals surface area contributed by atoms with Crippen molar-refractivity contribution >= 4 is 23.7 Å². The molecule has 0 saturated carbocycles. The Balaban J connectivity index is 0.000000199. The second-order valence-electron chi connectivity index (χ2n) is 3.29. The first-order valence-electron chi connectivity index (χ1n) is 4.83. The van der Waals surface area contributed by atoms with E-state index in [9.17, 15) is 0 Å². The van der Waals surface area contributed by atoms with Crippen molar-refractivity contribution in [2.45, 2.75) is 0 Å². The van der Waals surface area contributed by atoms with Gasteiger partial charge in [0.1, 0.15) is 5.82 Å². The van der Waals surface area contributed by atoms with Crippen molar-refractivity contribution in [3.63, 3.8) is 0 Å². The summed E-state index contributed by atoms with van der Waals surface area (Å²) in [6.07, 6.45) is 1.49. The molecule has 0 atom stereocenters. The molecule has 0 aromatic carbocycles. The van der Waals surface area contributed by atoms with Gasteiger partial charge >= 0.3 is 0 Å². The molecular weight excluding hydrogens is 236 g/mol. The molecule has 0 fully saturated rings. The van der Waals surface area contributed by atoms with Crippen molar-refractivity contribution < 1.29 is 0 Å². The summed E-state index contributed by atoms with van der Waals surface area (Å²) in [6.45, 7) is 0. The van der Waals surface area contributed by atoms with Crippen LogP contribution in [0.1, 0.15) is 0 Å². The number of nitrogens with zero attached hydrogens (tertiary/aromatic N) is 7. The Bertz CT molecular complexity index is 464. The van der Waals surface area contributed by atoms with Gasteiger partial charge in [0.05, 0.1) is 6.20 Å². The maximum atomic E-state index is 5.33. The minimum absolute atomic E-state index is 0.140. The molecule has 2 aromatic heterocycles. The molecule has 0 amide bonds. The second kappa shape index (κ2) is 6.08. The summed E-state index contributed by atoms with van der Waals surface area (Å²) < 4.78 is 0. The average molecular weight is 250 g/mol. The zero-order valence-electron chi connectivity index (χ0n) is 10.0. The van der Waals surface area contributed by atoms with Crippen molar-refractivity contribution in [3.8, 4) is 0 Å². The predicted octanol–water partition coefficient (Wildman–Crippen LogP) is -1.44. The van der Waals surface area contributed by atoms with E-state index in [4.69, 9.17) is 17.2 Å². The van der Waals surface area contributed by atoms with Crippen LogP contribution in [0.3, 0.4) is 0 Å². The summed E-state index contributed by atoms with van der Waals surface area (Å²) in [5, 5.41) is 10.1. The zero-order chi connectivity index (χ0) is 13.5. The first-order chi connectivity index (χ1) is 8.49. The monoisotopic (exact) mass is 250 g/mol. The molecule has 0 aliphatic carbocycles. The summed E-state index contributed by atoms with van der Waals surface area (Å²) in [5.74, 6) is 1.15. The molecular formula is C8H14N10. The standard InChI is InChI=1S/C5H10N6.C3H4N4/c1-11(2)5-9-3(6)8-4(7)10-5;4-3-1-2-5-7-6-3/h1-2H3,(H4,6,7,8,9,10);1-2H,(H2,4,5,6). The summed E-state index contributed by atoms with van der Waals surface area (Å²) in [5.41, 5.74) is 15.8. The number of anilines is 4. The highest BCUT2D eigenvalue weighted by molar-refractivity contribution is 5.37.